The van der Waals surface area contributed by atoms with Crippen LogP contribution in [-0.4, -0.2) is 40.7 Å². The van der Waals surface area contributed by atoms with Gasteiger partial charge in [0.2, 0.25) is 0 Å². The van der Waals surface area contributed by atoms with Crippen molar-refractivity contribution in [2.45, 2.75) is 13.0 Å². The first-order valence-electron chi connectivity index (χ1n) is 10.0. The lowest BCUT2D eigenvalue weighted by atomic mass is 10.2. The molecule has 0 fully saturated rings. The van der Waals surface area contributed by atoms with Gasteiger partial charge in [-0.1, -0.05) is 0 Å². The van der Waals surface area contributed by atoms with E-state index in [-0.39, 0.29) is 6.04 Å². The van der Waals surface area contributed by atoms with Crippen LogP contribution in [0.5, 0.6) is 0 Å². The standard InChI is InChI=1S/C22H23N9/c1-15(23-2)19-13-31-20(16-10-26-29(3)12-16)11-25-22(31)21(28-19)27-17-4-6-18(7-5-17)30-9-8-24-14-30/h4-15,23H,1-3H3,(H,27,28). The van der Waals surface area contributed by atoms with E-state index in [1.54, 1.807) is 17.2 Å². The van der Waals surface area contributed by atoms with Gasteiger partial charge in [0.05, 0.1) is 30.1 Å². The van der Waals surface area contributed by atoms with Crippen LogP contribution in [0.1, 0.15) is 18.7 Å². The zero-order valence-electron chi connectivity index (χ0n) is 17.6. The van der Waals surface area contributed by atoms with Gasteiger partial charge in [-0.25, -0.2) is 15.0 Å². The van der Waals surface area contributed by atoms with Gasteiger partial charge in [-0.05, 0) is 38.2 Å². The molecule has 1 unspecified atom stereocenters. The molecule has 0 spiro atoms. The summed E-state index contributed by atoms with van der Waals surface area (Å²) in [5.41, 5.74) is 5.60. The van der Waals surface area contributed by atoms with Crippen LogP contribution < -0.4 is 10.6 Å². The number of nitrogens with zero attached hydrogens (tertiary/aromatic N) is 7. The maximum absolute atomic E-state index is 4.86. The minimum Gasteiger partial charge on any atom is -0.337 e. The maximum atomic E-state index is 4.86. The lowest BCUT2D eigenvalue weighted by Crippen LogP contribution is -2.15. The molecule has 0 aliphatic rings. The fourth-order valence-electron chi connectivity index (χ4n) is 3.48. The number of hydrogen-bond acceptors (Lipinski definition) is 6. The second-order valence-corrected chi connectivity index (χ2v) is 7.41. The minimum absolute atomic E-state index is 0.0812. The van der Waals surface area contributed by atoms with Crippen LogP contribution in [0.4, 0.5) is 11.5 Å². The number of rotatable bonds is 6. The summed E-state index contributed by atoms with van der Waals surface area (Å²) in [6, 6.07) is 8.19. The summed E-state index contributed by atoms with van der Waals surface area (Å²) in [5, 5.41) is 11.0. The Balaban J connectivity index is 1.56. The molecule has 1 aromatic carbocycles. The Bertz CT molecular complexity index is 1310. The van der Waals surface area contributed by atoms with Crippen molar-refractivity contribution in [1.82, 2.24) is 39.0 Å². The minimum atomic E-state index is 0.0812. The Labute approximate surface area is 179 Å². The fraction of sp³-hybridized carbons (Fsp3) is 0.182. The zero-order chi connectivity index (χ0) is 21.4. The Morgan fingerprint density at radius 3 is 2.58 bits per heavy atom. The largest absolute Gasteiger partial charge is 0.337 e. The highest BCUT2D eigenvalue weighted by atomic mass is 15.2. The summed E-state index contributed by atoms with van der Waals surface area (Å²) in [4.78, 5) is 13.6. The van der Waals surface area contributed by atoms with Crippen molar-refractivity contribution >= 4 is 17.2 Å². The molecule has 4 aromatic heterocycles. The van der Waals surface area contributed by atoms with Crippen LogP contribution in [0.15, 0.2) is 67.8 Å². The Hall–Kier alpha value is -3.98. The van der Waals surface area contributed by atoms with Crippen molar-refractivity contribution in [2.24, 2.45) is 7.05 Å². The predicted octanol–water partition coefficient (Wildman–Crippen LogP) is 3.34. The van der Waals surface area contributed by atoms with Crippen LogP contribution in [0, 0.1) is 0 Å². The highest BCUT2D eigenvalue weighted by molar-refractivity contribution is 5.74. The van der Waals surface area contributed by atoms with E-state index in [1.807, 2.05) is 73.9 Å². The van der Waals surface area contributed by atoms with Crippen LogP contribution in [0.2, 0.25) is 0 Å². The number of hydrogen-bond donors (Lipinski definition) is 2. The Kier molecular flexibility index (Phi) is 4.72. The molecule has 0 aliphatic carbocycles. The molecule has 0 amide bonds. The smallest absolute Gasteiger partial charge is 0.180 e. The molecule has 0 radical (unpaired) electrons. The van der Waals surface area contributed by atoms with E-state index < -0.39 is 0 Å². The molecule has 9 nitrogen and oxygen atoms in total. The third-order valence-corrected chi connectivity index (χ3v) is 5.32. The number of aromatic nitrogens is 7. The third kappa shape index (κ3) is 3.55. The van der Waals surface area contributed by atoms with Crippen LogP contribution >= 0.6 is 0 Å². The van der Waals surface area contributed by atoms with Crippen molar-refractivity contribution in [3.05, 3.63) is 73.5 Å². The van der Waals surface area contributed by atoms with Crippen molar-refractivity contribution in [3.63, 3.8) is 0 Å². The summed E-state index contributed by atoms with van der Waals surface area (Å²) in [7, 11) is 3.83. The summed E-state index contributed by atoms with van der Waals surface area (Å²) in [5.74, 6) is 0.699. The van der Waals surface area contributed by atoms with E-state index in [1.165, 1.54) is 0 Å². The van der Waals surface area contributed by atoms with Gasteiger partial charge in [-0.15, -0.1) is 0 Å². The molecule has 9 heteroatoms. The van der Waals surface area contributed by atoms with Gasteiger partial charge in [0.1, 0.15) is 0 Å². The van der Waals surface area contributed by atoms with Gasteiger partial charge in [0.15, 0.2) is 11.5 Å². The first-order valence-corrected chi connectivity index (χ1v) is 10.0. The molecule has 5 aromatic rings. The first kappa shape index (κ1) is 19.0. The summed E-state index contributed by atoms with van der Waals surface area (Å²) in [6.07, 6.45) is 13.2. The van der Waals surface area contributed by atoms with E-state index in [2.05, 4.69) is 37.0 Å². The number of aryl methyl sites for hydroxylation is 1. The van der Waals surface area contributed by atoms with Crippen LogP contribution in [0.3, 0.4) is 0 Å². The van der Waals surface area contributed by atoms with Gasteiger partial charge in [-0.2, -0.15) is 5.10 Å². The lowest BCUT2D eigenvalue weighted by Gasteiger charge is -2.15. The second kappa shape index (κ2) is 7.69. The molecule has 2 N–H and O–H groups in total. The van der Waals surface area contributed by atoms with Gasteiger partial charge >= 0.3 is 0 Å². The Morgan fingerprint density at radius 2 is 1.90 bits per heavy atom. The Morgan fingerprint density at radius 1 is 1.06 bits per heavy atom. The highest BCUT2D eigenvalue weighted by Gasteiger charge is 2.16. The number of anilines is 2. The number of nitrogens with one attached hydrogen (secondary N) is 2. The van der Waals surface area contributed by atoms with Crippen molar-refractivity contribution in [1.29, 1.82) is 0 Å². The zero-order valence-corrected chi connectivity index (χ0v) is 17.6. The normalized spacial score (nSPS) is 12.4. The molecule has 0 aliphatic heterocycles. The number of fused-ring (bicyclic) bond motifs is 1. The lowest BCUT2D eigenvalue weighted by molar-refractivity contribution is 0.629. The number of benzene rings is 1. The topological polar surface area (TPSA) is 89.9 Å². The van der Waals surface area contributed by atoms with Crippen molar-refractivity contribution in [2.75, 3.05) is 12.4 Å². The van der Waals surface area contributed by atoms with Gasteiger partial charge in [0, 0.05) is 54.8 Å². The van der Waals surface area contributed by atoms with E-state index in [9.17, 15) is 0 Å². The molecule has 31 heavy (non-hydrogen) atoms. The van der Waals surface area contributed by atoms with Gasteiger partial charge in [-0.3, -0.25) is 9.08 Å². The summed E-state index contributed by atoms with van der Waals surface area (Å²) >= 11 is 0. The molecule has 156 valence electrons. The van der Waals surface area contributed by atoms with Gasteiger partial charge < -0.3 is 15.2 Å². The maximum Gasteiger partial charge on any atom is 0.180 e. The summed E-state index contributed by atoms with van der Waals surface area (Å²) in [6.45, 7) is 2.08. The first-order chi connectivity index (χ1) is 15.1. The second-order valence-electron chi connectivity index (χ2n) is 7.41. The van der Waals surface area contributed by atoms with Crippen LogP contribution in [0.25, 0.3) is 22.6 Å². The average molecular weight is 413 g/mol. The molecule has 0 saturated carbocycles. The molecule has 0 bridgehead atoms. The van der Waals surface area contributed by atoms with E-state index in [0.29, 0.717) is 5.82 Å². The predicted molar refractivity (Wildman–Crippen MR) is 120 cm³/mol. The highest BCUT2D eigenvalue weighted by Crippen LogP contribution is 2.27. The SMILES string of the molecule is CNC(C)c1cn2c(-c3cnn(C)c3)cnc2c(Nc2ccc(-n3ccnc3)cc2)n1. The van der Waals surface area contributed by atoms with E-state index >= 15 is 0 Å². The van der Waals surface area contributed by atoms with Crippen molar-refractivity contribution < 1.29 is 0 Å². The molecular formula is C22H23N9. The van der Waals surface area contributed by atoms with E-state index in [0.717, 1.165) is 34.0 Å². The van der Waals surface area contributed by atoms with E-state index in [4.69, 9.17) is 4.98 Å². The third-order valence-electron chi connectivity index (χ3n) is 5.32. The molecule has 1 atom stereocenters. The monoisotopic (exact) mass is 413 g/mol. The van der Waals surface area contributed by atoms with Crippen LogP contribution in [-0.2, 0) is 7.05 Å². The quantitative estimate of drug-likeness (QED) is 0.444. The molecular weight excluding hydrogens is 390 g/mol. The molecule has 4 heterocycles. The molecule has 0 saturated heterocycles. The number of imidazole rings is 2. The van der Waals surface area contributed by atoms with Crippen molar-refractivity contribution in [3.8, 4) is 16.9 Å². The van der Waals surface area contributed by atoms with Gasteiger partial charge in [0.25, 0.3) is 0 Å². The molecule has 5 rings (SSSR count). The average Bonchev–Trinajstić information content (AvgIpc) is 3.54. The fourth-order valence-corrected chi connectivity index (χ4v) is 3.48. The summed E-state index contributed by atoms with van der Waals surface area (Å²) < 4.78 is 5.81.